The molecule has 0 aliphatic carbocycles. The second kappa shape index (κ2) is 11.7. The van der Waals surface area contributed by atoms with Gasteiger partial charge in [0.15, 0.2) is 5.58 Å². The van der Waals surface area contributed by atoms with Gasteiger partial charge in [-0.2, -0.15) is 0 Å². The molecule has 0 aliphatic heterocycles. The normalized spacial score (nSPS) is 11.3. The number of anilines is 3. The molecule has 0 unspecified atom stereocenters. The Labute approximate surface area is 279 Å². The quantitative estimate of drug-likeness (QED) is 0.187. The molecule has 48 heavy (non-hydrogen) atoms. The molecule has 0 saturated heterocycles. The Bertz CT molecular complexity index is 2550. The fraction of sp³-hybridized carbons (Fsp3) is 0. The number of rotatable bonds is 6. The number of hydrogen-bond donors (Lipinski definition) is 0. The standard InChI is InChI=1S/C45H30N2O/c1-3-12-31(13-4-1)34-24-26-39(27-25-34)47(40-20-11-19-36(29-40)32-14-5-2-6-15-32)42-30-37-18-9-10-21-41(37)44-43(42)46-45(48-44)38-23-22-33-16-7-8-17-35(33)28-38/h1-30H. The molecular formula is C45H30N2O. The molecule has 0 saturated carbocycles. The lowest BCUT2D eigenvalue weighted by molar-refractivity contribution is 0.623. The molecule has 3 nitrogen and oxygen atoms in total. The molecular weight excluding hydrogens is 585 g/mol. The van der Waals surface area contributed by atoms with Gasteiger partial charge < -0.3 is 9.32 Å². The average Bonchev–Trinajstić information content (AvgIpc) is 3.62. The van der Waals surface area contributed by atoms with E-state index in [1.54, 1.807) is 0 Å². The van der Waals surface area contributed by atoms with Gasteiger partial charge in [0, 0.05) is 22.3 Å². The van der Waals surface area contributed by atoms with Gasteiger partial charge in [-0.3, -0.25) is 0 Å². The zero-order valence-electron chi connectivity index (χ0n) is 26.1. The molecule has 0 N–H and O–H groups in total. The Kier molecular flexibility index (Phi) is 6.80. The predicted molar refractivity (Wildman–Crippen MR) is 200 cm³/mol. The van der Waals surface area contributed by atoms with E-state index < -0.39 is 0 Å². The summed E-state index contributed by atoms with van der Waals surface area (Å²) in [6, 6.07) is 63.9. The van der Waals surface area contributed by atoms with Crippen LogP contribution in [0.2, 0.25) is 0 Å². The predicted octanol–water partition coefficient (Wildman–Crippen LogP) is 12.6. The summed E-state index contributed by atoms with van der Waals surface area (Å²) in [5.74, 6) is 0.603. The van der Waals surface area contributed by atoms with Crippen LogP contribution in [0.3, 0.4) is 0 Å². The summed E-state index contributed by atoms with van der Waals surface area (Å²) >= 11 is 0. The van der Waals surface area contributed by atoms with Crippen molar-refractivity contribution in [2.75, 3.05) is 4.90 Å². The third kappa shape index (κ3) is 4.99. The van der Waals surface area contributed by atoms with Crippen LogP contribution in [0.5, 0.6) is 0 Å². The molecule has 0 radical (unpaired) electrons. The first-order chi connectivity index (χ1) is 23.8. The van der Waals surface area contributed by atoms with Crippen molar-refractivity contribution in [3.8, 4) is 33.7 Å². The van der Waals surface area contributed by atoms with Crippen LogP contribution in [0.25, 0.3) is 66.4 Å². The Balaban J connectivity index is 1.28. The molecule has 9 aromatic rings. The lowest BCUT2D eigenvalue weighted by atomic mass is 10.0. The van der Waals surface area contributed by atoms with Crippen molar-refractivity contribution in [3.63, 3.8) is 0 Å². The molecule has 0 bridgehead atoms. The highest BCUT2D eigenvalue weighted by Gasteiger charge is 2.22. The van der Waals surface area contributed by atoms with Crippen LogP contribution in [0, 0.1) is 0 Å². The van der Waals surface area contributed by atoms with Crippen molar-refractivity contribution in [1.82, 2.24) is 4.98 Å². The third-order valence-corrected chi connectivity index (χ3v) is 9.05. The first-order valence-corrected chi connectivity index (χ1v) is 16.2. The van der Waals surface area contributed by atoms with Gasteiger partial charge >= 0.3 is 0 Å². The van der Waals surface area contributed by atoms with E-state index in [0.29, 0.717) is 5.89 Å². The number of hydrogen-bond acceptors (Lipinski definition) is 3. The highest BCUT2D eigenvalue weighted by molar-refractivity contribution is 6.11. The van der Waals surface area contributed by atoms with Gasteiger partial charge in [0.05, 0.1) is 5.69 Å². The van der Waals surface area contributed by atoms with Gasteiger partial charge in [0.25, 0.3) is 0 Å². The lowest BCUT2D eigenvalue weighted by Crippen LogP contribution is -2.11. The van der Waals surface area contributed by atoms with Crippen LogP contribution in [0.1, 0.15) is 0 Å². The van der Waals surface area contributed by atoms with Crippen molar-refractivity contribution in [2.45, 2.75) is 0 Å². The molecule has 9 rings (SSSR count). The Morgan fingerprint density at radius 2 is 1.00 bits per heavy atom. The molecule has 3 heteroatoms. The third-order valence-electron chi connectivity index (χ3n) is 9.05. The van der Waals surface area contributed by atoms with Gasteiger partial charge in [0.1, 0.15) is 5.52 Å². The monoisotopic (exact) mass is 614 g/mol. The minimum atomic E-state index is 0.603. The van der Waals surface area contributed by atoms with Crippen molar-refractivity contribution in [3.05, 3.63) is 182 Å². The molecule has 0 spiro atoms. The van der Waals surface area contributed by atoms with E-state index in [9.17, 15) is 0 Å². The Morgan fingerprint density at radius 1 is 0.396 bits per heavy atom. The zero-order valence-corrected chi connectivity index (χ0v) is 26.1. The second-order valence-corrected chi connectivity index (χ2v) is 12.0. The van der Waals surface area contributed by atoms with E-state index in [0.717, 1.165) is 55.4 Å². The van der Waals surface area contributed by atoms with E-state index in [4.69, 9.17) is 9.40 Å². The fourth-order valence-electron chi connectivity index (χ4n) is 6.65. The molecule has 1 heterocycles. The summed E-state index contributed by atoms with van der Waals surface area (Å²) in [4.78, 5) is 7.56. The summed E-state index contributed by atoms with van der Waals surface area (Å²) in [5.41, 5.74) is 10.2. The summed E-state index contributed by atoms with van der Waals surface area (Å²) < 4.78 is 6.71. The van der Waals surface area contributed by atoms with E-state index >= 15 is 0 Å². The maximum Gasteiger partial charge on any atom is 0.227 e. The molecule has 0 aliphatic rings. The number of nitrogens with zero attached hydrogens (tertiary/aromatic N) is 2. The van der Waals surface area contributed by atoms with Crippen molar-refractivity contribution < 1.29 is 4.42 Å². The van der Waals surface area contributed by atoms with Crippen LogP contribution >= 0.6 is 0 Å². The number of aromatic nitrogens is 1. The lowest BCUT2D eigenvalue weighted by Gasteiger charge is -2.27. The number of fused-ring (bicyclic) bond motifs is 4. The van der Waals surface area contributed by atoms with Gasteiger partial charge in [-0.25, -0.2) is 4.98 Å². The van der Waals surface area contributed by atoms with E-state index in [2.05, 4.69) is 181 Å². The number of benzene rings is 8. The fourth-order valence-corrected chi connectivity index (χ4v) is 6.65. The van der Waals surface area contributed by atoms with E-state index in [-0.39, 0.29) is 0 Å². The maximum absolute atomic E-state index is 6.71. The molecule has 226 valence electrons. The second-order valence-electron chi connectivity index (χ2n) is 12.0. The molecule has 8 aromatic carbocycles. The highest BCUT2D eigenvalue weighted by Crippen LogP contribution is 2.44. The van der Waals surface area contributed by atoms with Gasteiger partial charge in [-0.1, -0.05) is 140 Å². The minimum absolute atomic E-state index is 0.603. The van der Waals surface area contributed by atoms with Crippen molar-refractivity contribution in [1.29, 1.82) is 0 Å². The van der Waals surface area contributed by atoms with E-state index in [1.807, 2.05) is 6.07 Å². The van der Waals surface area contributed by atoms with E-state index in [1.165, 1.54) is 22.1 Å². The molecule has 1 aromatic heterocycles. The SMILES string of the molecule is c1ccc(-c2ccc(N(c3cccc(-c4ccccc4)c3)c3cc4ccccc4c4oc(-c5ccc6ccccc6c5)nc34)cc2)cc1. The van der Waals surface area contributed by atoms with Crippen molar-refractivity contribution in [2.24, 2.45) is 0 Å². The van der Waals surface area contributed by atoms with Crippen LogP contribution in [-0.4, -0.2) is 4.98 Å². The van der Waals surface area contributed by atoms with Gasteiger partial charge in [-0.05, 0) is 80.9 Å². The zero-order chi connectivity index (χ0) is 31.9. The van der Waals surface area contributed by atoms with Crippen LogP contribution < -0.4 is 4.90 Å². The smallest absolute Gasteiger partial charge is 0.227 e. The van der Waals surface area contributed by atoms with Crippen LogP contribution in [0.4, 0.5) is 17.1 Å². The summed E-state index contributed by atoms with van der Waals surface area (Å²) in [5, 5.41) is 4.46. The first-order valence-electron chi connectivity index (χ1n) is 16.2. The Morgan fingerprint density at radius 3 is 1.77 bits per heavy atom. The first kappa shape index (κ1) is 27.8. The topological polar surface area (TPSA) is 29.3 Å². The molecule has 0 atom stereocenters. The maximum atomic E-state index is 6.71. The largest absolute Gasteiger partial charge is 0.435 e. The summed E-state index contributed by atoms with van der Waals surface area (Å²) in [7, 11) is 0. The minimum Gasteiger partial charge on any atom is -0.435 e. The van der Waals surface area contributed by atoms with Crippen LogP contribution in [-0.2, 0) is 0 Å². The highest BCUT2D eigenvalue weighted by atomic mass is 16.3. The molecule has 0 fully saturated rings. The van der Waals surface area contributed by atoms with Gasteiger partial charge in [0.2, 0.25) is 5.89 Å². The Hall–Kier alpha value is -6.45. The summed E-state index contributed by atoms with van der Waals surface area (Å²) in [6.45, 7) is 0. The summed E-state index contributed by atoms with van der Waals surface area (Å²) in [6.07, 6.45) is 0. The molecule has 0 amide bonds. The van der Waals surface area contributed by atoms with Crippen molar-refractivity contribution >= 4 is 49.7 Å². The van der Waals surface area contributed by atoms with Crippen LogP contribution in [0.15, 0.2) is 186 Å². The number of oxazole rings is 1. The van der Waals surface area contributed by atoms with Gasteiger partial charge in [-0.15, -0.1) is 0 Å². The average molecular weight is 615 g/mol.